The summed E-state index contributed by atoms with van der Waals surface area (Å²) in [5.74, 6) is 0. The van der Waals surface area contributed by atoms with Gasteiger partial charge < -0.3 is 15.2 Å². The van der Waals surface area contributed by atoms with Crippen molar-refractivity contribution in [3.63, 3.8) is 0 Å². The van der Waals surface area contributed by atoms with Crippen molar-refractivity contribution < 1.29 is 14.6 Å². The number of benzene rings is 1. The van der Waals surface area contributed by atoms with E-state index in [2.05, 4.69) is 27.9 Å². The van der Waals surface area contributed by atoms with Crippen LogP contribution in [-0.2, 0) is 4.74 Å². The van der Waals surface area contributed by atoms with Gasteiger partial charge in [0.25, 0.3) is 0 Å². The van der Waals surface area contributed by atoms with E-state index in [1.165, 1.54) is 7.05 Å². The number of aliphatic hydroxyl groups excluding tert-OH is 1. The quantitative estimate of drug-likeness (QED) is 0.821. The van der Waals surface area contributed by atoms with Gasteiger partial charge in [0.05, 0.1) is 0 Å². The number of hydrogen-bond donors (Lipinski definition) is 2. The Kier molecular flexibility index (Phi) is 5.70. The molecular weight excluding hydrogens is 333 g/mol. The molecule has 1 aromatic rings. The van der Waals surface area contributed by atoms with Crippen LogP contribution in [0.5, 0.6) is 0 Å². The molecule has 5 heteroatoms. The van der Waals surface area contributed by atoms with Crippen molar-refractivity contribution in [3.8, 4) is 0 Å². The number of rotatable bonds is 4. The predicted octanol–water partition coefficient (Wildman–Crippen LogP) is 2.46. The number of halogens is 1. The Morgan fingerprint density at radius 3 is 2.71 bits per heavy atom. The normalized spacial score (nSPS) is 13.9. The molecule has 1 amide bonds. The molecule has 0 fully saturated rings. The lowest BCUT2D eigenvalue weighted by Gasteiger charge is -2.22. The monoisotopic (exact) mass is 349 g/mol. The molecule has 0 unspecified atom stereocenters. The Labute approximate surface area is 115 Å². The third-order valence-corrected chi connectivity index (χ3v) is 3.42. The lowest BCUT2D eigenvalue weighted by Crippen LogP contribution is -2.30. The molecule has 0 aliphatic rings. The van der Waals surface area contributed by atoms with Crippen LogP contribution in [0.15, 0.2) is 24.3 Å². The highest BCUT2D eigenvalue weighted by Gasteiger charge is 2.24. The molecule has 4 nitrogen and oxygen atoms in total. The Bertz CT molecular complexity index is 384. The molecular formula is C12H16INO3. The second kappa shape index (κ2) is 6.80. The summed E-state index contributed by atoms with van der Waals surface area (Å²) in [4.78, 5) is 11.2. The molecule has 17 heavy (non-hydrogen) atoms. The molecule has 0 saturated carbocycles. The fourth-order valence-corrected chi connectivity index (χ4v) is 2.19. The maximum absolute atomic E-state index is 11.2. The molecule has 0 bridgehead atoms. The standard InChI is InChI=1S/C12H16INO3/c1-3-10(17-12(16)14-2)11(15)8-6-4-5-7-9(8)13/h4-7,10-11,15H,3H2,1-2H3,(H,14,16)/t10-,11-/m0/s1. The zero-order chi connectivity index (χ0) is 12.8. The highest BCUT2D eigenvalue weighted by molar-refractivity contribution is 14.1. The number of nitrogens with one attached hydrogen (secondary N) is 1. The number of ether oxygens (including phenoxy) is 1. The largest absolute Gasteiger partial charge is 0.443 e. The van der Waals surface area contributed by atoms with E-state index in [0.29, 0.717) is 6.42 Å². The Hall–Kier alpha value is -0.820. The lowest BCUT2D eigenvalue weighted by molar-refractivity contribution is 0.0000480. The van der Waals surface area contributed by atoms with E-state index in [-0.39, 0.29) is 0 Å². The summed E-state index contributed by atoms with van der Waals surface area (Å²) >= 11 is 2.15. The summed E-state index contributed by atoms with van der Waals surface area (Å²) in [6.07, 6.45) is -1.31. The summed E-state index contributed by atoms with van der Waals surface area (Å²) in [5.41, 5.74) is 0.781. The van der Waals surface area contributed by atoms with Gasteiger partial charge in [-0.1, -0.05) is 25.1 Å². The summed E-state index contributed by atoms with van der Waals surface area (Å²) in [6.45, 7) is 1.87. The van der Waals surface area contributed by atoms with Crippen molar-refractivity contribution in [2.75, 3.05) is 7.05 Å². The molecule has 0 aliphatic heterocycles. The fourth-order valence-electron chi connectivity index (χ4n) is 1.48. The van der Waals surface area contributed by atoms with E-state index in [0.717, 1.165) is 9.13 Å². The molecule has 0 aliphatic carbocycles. The number of alkyl carbamates (subject to hydrolysis) is 1. The second-order valence-electron chi connectivity index (χ2n) is 3.57. The van der Waals surface area contributed by atoms with Crippen molar-refractivity contribution in [1.29, 1.82) is 0 Å². The lowest BCUT2D eigenvalue weighted by atomic mass is 10.0. The van der Waals surface area contributed by atoms with Gasteiger partial charge >= 0.3 is 6.09 Å². The van der Waals surface area contributed by atoms with Gasteiger partial charge in [-0.25, -0.2) is 4.79 Å². The van der Waals surface area contributed by atoms with Gasteiger partial charge in [-0.15, -0.1) is 0 Å². The molecule has 2 atom stereocenters. The third-order valence-electron chi connectivity index (χ3n) is 2.44. The minimum absolute atomic E-state index is 0.526. The summed E-state index contributed by atoms with van der Waals surface area (Å²) in [5, 5.41) is 12.6. The number of hydrogen-bond acceptors (Lipinski definition) is 3. The zero-order valence-electron chi connectivity index (χ0n) is 9.81. The Morgan fingerprint density at radius 2 is 2.18 bits per heavy atom. The van der Waals surface area contributed by atoms with Crippen LogP contribution >= 0.6 is 22.6 Å². The van der Waals surface area contributed by atoms with Crippen LogP contribution in [0, 0.1) is 3.57 Å². The van der Waals surface area contributed by atoms with E-state index < -0.39 is 18.3 Å². The molecule has 2 N–H and O–H groups in total. The molecule has 0 spiro atoms. The number of carbonyl (C=O) groups excluding carboxylic acids is 1. The van der Waals surface area contributed by atoms with E-state index in [1.54, 1.807) is 0 Å². The van der Waals surface area contributed by atoms with Crippen LogP contribution in [0.3, 0.4) is 0 Å². The van der Waals surface area contributed by atoms with Gasteiger partial charge in [0.15, 0.2) is 0 Å². The second-order valence-corrected chi connectivity index (χ2v) is 4.73. The van der Waals surface area contributed by atoms with Crippen LogP contribution in [-0.4, -0.2) is 24.4 Å². The maximum atomic E-state index is 11.2. The first-order valence-corrected chi connectivity index (χ1v) is 6.48. The molecule has 0 saturated heterocycles. The number of carbonyl (C=O) groups is 1. The van der Waals surface area contributed by atoms with Crippen LogP contribution in [0.1, 0.15) is 25.0 Å². The van der Waals surface area contributed by atoms with E-state index >= 15 is 0 Å². The van der Waals surface area contributed by atoms with Crippen molar-refractivity contribution in [1.82, 2.24) is 5.32 Å². The van der Waals surface area contributed by atoms with E-state index in [9.17, 15) is 9.90 Å². The van der Waals surface area contributed by atoms with Crippen LogP contribution in [0.4, 0.5) is 4.79 Å². The predicted molar refractivity (Wildman–Crippen MR) is 73.7 cm³/mol. The Morgan fingerprint density at radius 1 is 1.53 bits per heavy atom. The Balaban J connectivity index is 2.82. The van der Waals surface area contributed by atoms with Gasteiger partial charge in [-0.05, 0) is 40.6 Å². The van der Waals surface area contributed by atoms with Gasteiger partial charge in [-0.2, -0.15) is 0 Å². The summed E-state index contributed by atoms with van der Waals surface area (Å²) < 4.78 is 6.07. The average molecular weight is 349 g/mol. The first kappa shape index (κ1) is 14.2. The highest BCUT2D eigenvalue weighted by atomic mass is 127. The van der Waals surface area contributed by atoms with E-state index in [4.69, 9.17) is 4.74 Å². The molecule has 0 heterocycles. The highest BCUT2D eigenvalue weighted by Crippen LogP contribution is 2.25. The smallest absolute Gasteiger partial charge is 0.407 e. The minimum atomic E-state index is -0.801. The van der Waals surface area contributed by atoms with Crippen molar-refractivity contribution in [3.05, 3.63) is 33.4 Å². The fraction of sp³-hybridized carbons (Fsp3) is 0.417. The number of aliphatic hydroxyl groups is 1. The molecule has 0 radical (unpaired) electrons. The first-order valence-electron chi connectivity index (χ1n) is 5.41. The van der Waals surface area contributed by atoms with Crippen LogP contribution in [0.2, 0.25) is 0 Å². The SMILES string of the molecule is CC[C@H](OC(=O)NC)[C@@H](O)c1ccccc1I. The summed E-state index contributed by atoms with van der Waals surface area (Å²) in [7, 11) is 1.49. The van der Waals surface area contributed by atoms with Gasteiger partial charge in [0.1, 0.15) is 12.2 Å². The molecule has 1 aromatic carbocycles. The van der Waals surface area contributed by atoms with Gasteiger partial charge in [0, 0.05) is 10.6 Å². The molecule has 1 rings (SSSR count). The van der Waals surface area contributed by atoms with Crippen LogP contribution < -0.4 is 5.32 Å². The average Bonchev–Trinajstić information content (AvgIpc) is 2.35. The number of amides is 1. The van der Waals surface area contributed by atoms with Crippen molar-refractivity contribution in [2.45, 2.75) is 25.6 Å². The minimum Gasteiger partial charge on any atom is -0.443 e. The van der Waals surface area contributed by atoms with Crippen molar-refractivity contribution >= 4 is 28.7 Å². The summed E-state index contributed by atoms with van der Waals surface area (Å²) in [6, 6.07) is 7.50. The van der Waals surface area contributed by atoms with E-state index in [1.807, 2.05) is 31.2 Å². The maximum Gasteiger partial charge on any atom is 0.407 e. The molecule has 0 aromatic heterocycles. The molecule has 94 valence electrons. The van der Waals surface area contributed by atoms with Crippen LogP contribution in [0.25, 0.3) is 0 Å². The van der Waals surface area contributed by atoms with Gasteiger partial charge in [0.2, 0.25) is 0 Å². The topological polar surface area (TPSA) is 58.6 Å². The zero-order valence-corrected chi connectivity index (χ0v) is 12.0. The van der Waals surface area contributed by atoms with Gasteiger partial charge in [-0.3, -0.25) is 0 Å². The third kappa shape index (κ3) is 3.85. The first-order chi connectivity index (χ1) is 8.10. The van der Waals surface area contributed by atoms with Crippen molar-refractivity contribution in [2.24, 2.45) is 0 Å².